The van der Waals surface area contributed by atoms with E-state index in [-0.39, 0.29) is 6.61 Å². The highest BCUT2D eigenvalue weighted by Crippen LogP contribution is 2.12. The van der Waals surface area contributed by atoms with Crippen LogP contribution in [0.4, 0.5) is 10.2 Å². The lowest BCUT2D eigenvalue weighted by Crippen LogP contribution is -2.11. The molecular weight excluding hydrogens is 337 g/mol. The second-order valence-electron chi connectivity index (χ2n) is 5.25. The minimum Gasteiger partial charge on any atom is -0.475 e. The molecule has 0 atom stereocenters. The molecule has 2 rings (SSSR count). The monoisotopic (exact) mass is 361 g/mol. The van der Waals surface area contributed by atoms with Crippen molar-refractivity contribution in [1.82, 2.24) is 9.97 Å². The van der Waals surface area contributed by atoms with Crippen LogP contribution in [-0.2, 0) is 9.47 Å². The van der Waals surface area contributed by atoms with Crippen LogP contribution in [0.25, 0.3) is 12.2 Å². The molecule has 0 aliphatic heterocycles. The number of alkyl halides is 1. The Balaban J connectivity index is 1.68. The molecule has 2 heterocycles. The number of anilines is 1. The highest BCUT2D eigenvalue weighted by atomic mass is 19.1. The Morgan fingerprint density at radius 2 is 1.54 bits per heavy atom. The van der Waals surface area contributed by atoms with Gasteiger partial charge in [0, 0.05) is 25.5 Å². The maximum Gasteiger partial charge on any atom is 0.213 e. The maximum absolute atomic E-state index is 11.8. The summed E-state index contributed by atoms with van der Waals surface area (Å²) in [5.74, 6) is 1.38. The van der Waals surface area contributed by atoms with Gasteiger partial charge in [-0.25, -0.2) is 14.4 Å². The molecule has 0 aliphatic carbocycles. The summed E-state index contributed by atoms with van der Waals surface area (Å²) in [7, 11) is 1.84. The van der Waals surface area contributed by atoms with Crippen LogP contribution in [0.2, 0.25) is 0 Å². The van der Waals surface area contributed by atoms with Crippen LogP contribution < -0.4 is 10.1 Å². The van der Waals surface area contributed by atoms with Gasteiger partial charge in [0.15, 0.2) is 0 Å². The molecule has 0 unspecified atom stereocenters. The van der Waals surface area contributed by atoms with Crippen LogP contribution in [0.5, 0.6) is 5.88 Å². The van der Waals surface area contributed by atoms with E-state index in [0.29, 0.717) is 32.3 Å². The number of aromatic nitrogens is 2. The largest absolute Gasteiger partial charge is 0.475 e. The van der Waals surface area contributed by atoms with E-state index in [9.17, 15) is 4.39 Å². The van der Waals surface area contributed by atoms with E-state index in [1.807, 2.05) is 43.5 Å². The van der Waals surface area contributed by atoms with Gasteiger partial charge in [-0.05, 0) is 29.3 Å². The van der Waals surface area contributed by atoms with Gasteiger partial charge in [0.25, 0.3) is 0 Å². The zero-order chi connectivity index (χ0) is 18.5. The van der Waals surface area contributed by atoms with E-state index in [0.717, 1.165) is 16.9 Å². The summed E-state index contributed by atoms with van der Waals surface area (Å²) in [5, 5.41) is 2.98. The molecule has 0 spiro atoms. The fourth-order valence-electron chi connectivity index (χ4n) is 2.00. The van der Waals surface area contributed by atoms with Crippen LogP contribution in [-0.4, -0.2) is 56.7 Å². The van der Waals surface area contributed by atoms with Gasteiger partial charge in [0.2, 0.25) is 5.88 Å². The molecule has 0 bridgehead atoms. The van der Waals surface area contributed by atoms with E-state index in [4.69, 9.17) is 14.2 Å². The van der Waals surface area contributed by atoms with Crippen molar-refractivity contribution in [1.29, 1.82) is 0 Å². The number of pyridine rings is 2. The Labute approximate surface area is 153 Å². The second kappa shape index (κ2) is 11.9. The minimum absolute atomic E-state index is 0.113. The fraction of sp³-hybridized carbons (Fsp3) is 0.368. The fourth-order valence-corrected chi connectivity index (χ4v) is 2.00. The average molecular weight is 361 g/mol. The first kappa shape index (κ1) is 19.8. The first-order chi connectivity index (χ1) is 12.8. The molecule has 0 aromatic carbocycles. The third-order valence-corrected chi connectivity index (χ3v) is 3.34. The summed E-state index contributed by atoms with van der Waals surface area (Å²) >= 11 is 0. The molecule has 6 nitrogen and oxygen atoms in total. The number of nitrogens with zero attached hydrogens (tertiary/aromatic N) is 2. The normalized spacial score (nSPS) is 11.0. The molecule has 2 aromatic heterocycles. The highest BCUT2D eigenvalue weighted by Gasteiger charge is 1.97. The molecule has 26 heavy (non-hydrogen) atoms. The van der Waals surface area contributed by atoms with Crippen LogP contribution in [0.3, 0.4) is 0 Å². The third-order valence-electron chi connectivity index (χ3n) is 3.34. The average Bonchev–Trinajstić information content (AvgIpc) is 2.69. The summed E-state index contributed by atoms with van der Waals surface area (Å²) in [6.07, 6.45) is 7.49. The number of rotatable bonds is 12. The molecule has 0 radical (unpaired) electrons. The Morgan fingerprint density at radius 1 is 0.885 bits per heavy atom. The topological polar surface area (TPSA) is 65.5 Å². The SMILES string of the molecule is CNc1ccc(/C=C/c2ccc(OCCOCCOCCF)nc2)cn1. The number of nitrogens with one attached hydrogen (secondary N) is 1. The molecule has 0 fully saturated rings. The van der Waals surface area contributed by atoms with Crippen molar-refractivity contribution in [2.45, 2.75) is 0 Å². The van der Waals surface area contributed by atoms with Gasteiger partial charge in [0.1, 0.15) is 19.1 Å². The predicted octanol–water partition coefficient (Wildman–Crippen LogP) is 3.07. The molecule has 2 aromatic rings. The molecule has 0 aliphatic rings. The highest BCUT2D eigenvalue weighted by molar-refractivity contribution is 5.69. The Hall–Kier alpha value is -2.51. The Bertz CT molecular complexity index is 648. The van der Waals surface area contributed by atoms with Gasteiger partial charge in [0.05, 0.1) is 26.4 Å². The summed E-state index contributed by atoms with van der Waals surface area (Å²) in [6, 6.07) is 7.65. The molecule has 0 saturated heterocycles. The van der Waals surface area contributed by atoms with Gasteiger partial charge in [-0.3, -0.25) is 0 Å². The van der Waals surface area contributed by atoms with E-state index < -0.39 is 6.67 Å². The quantitative estimate of drug-likeness (QED) is 0.586. The van der Waals surface area contributed by atoms with E-state index >= 15 is 0 Å². The van der Waals surface area contributed by atoms with E-state index in [1.165, 1.54) is 0 Å². The number of halogens is 1. The molecule has 1 N–H and O–H groups in total. The van der Waals surface area contributed by atoms with Crippen molar-refractivity contribution in [2.24, 2.45) is 0 Å². The summed E-state index contributed by atoms with van der Waals surface area (Å²) in [6.45, 7) is 1.27. The van der Waals surface area contributed by atoms with Gasteiger partial charge < -0.3 is 19.5 Å². The maximum atomic E-state index is 11.8. The summed E-state index contributed by atoms with van der Waals surface area (Å²) in [4.78, 5) is 8.51. The lowest BCUT2D eigenvalue weighted by Gasteiger charge is -2.06. The lowest BCUT2D eigenvalue weighted by atomic mass is 10.2. The Kier molecular flexibility index (Phi) is 9.10. The molecule has 140 valence electrons. The number of hydrogen-bond donors (Lipinski definition) is 1. The van der Waals surface area contributed by atoms with Crippen LogP contribution >= 0.6 is 0 Å². The molecular formula is C19H24FN3O3. The van der Waals surface area contributed by atoms with Crippen molar-refractivity contribution >= 4 is 18.0 Å². The Morgan fingerprint density at radius 3 is 2.12 bits per heavy atom. The van der Waals surface area contributed by atoms with Crippen molar-refractivity contribution < 1.29 is 18.6 Å². The smallest absolute Gasteiger partial charge is 0.213 e. The molecule has 7 heteroatoms. The predicted molar refractivity (Wildman–Crippen MR) is 100 cm³/mol. The van der Waals surface area contributed by atoms with Crippen LogP contribution in [0.1, 0.15) is 11.1 Å². The van der Waals surface area contributed by atoms with E-state index in [1.54, 1.807) is 12.4 Å². The number of ether oxygens (including phenoxy) is 3. The second-order valence-corrected chi connectivity index (χ2v) is 5.25. The van der Waals surface area contributed by atoms with Crippen LogP contribution in [0.15, 0.2) is 36.7 Å². The standard InChI is InChI=1S/C19H24FN3O3/c1-21-18-6-4-16(14-22-18)2-3-17-5-7-19(23-15-17)26-13-12-25-11-10-24-9-8-20/h2-7,14-15H,8-13H2,1H3,(H,21,22)/b3-2+. The van der Waals surface area contributed by atoms with Crippen molar-refractivity contribution in [3.63, 3.8) is 0 Å². The third kappa shape index (κ3) is 7.58. The molecule has 0 amide bonds. The van der Waals surface area contributed by atoms with Gasteiger partial charge >= 0.3 is 0 Å². The molecule has 0 saturated carbocycles. The first-order valence-corrected chi connectivity index (χ1v) is 8.44. The van der Waals surface area contributed by atoms with E-state index in [2.05, 4.69) is 15.3 Å². The van der Waals surface area contributed by atoms with Crippen LogP contribution in [0, 0.1) is 0 Å². The number of hydrogen-bond acceptors (Lipinski definition) is 6. The summed E-state index contributed by atoms with van der Waals surface area (Å²) < 4.78 is 27.6. The van der Waals surface area contributed by atoms with Crippen molar-refractivity contribution in [3.8, 4) is 5.88 Å². The zero-order valence-corrected chi connectivity index (χ0v) is 14.9. The lowest BCUT2D eigenvalue weighted by molar-refractivity contribution is 0.0320. The van der Waals surface area contributed by atoms with Gasteiger partial charge in [-0.1, -0.05) is 12.2 Å². The van der Waals surface area contributed by atoms with Crippen molar-refractivity contribution in [3.05, 3.63) is 47.8 Å². The van der Waals surface area contributed by atoms with Crippen molar-refractivity contribution in [2.75, 3.05) is 52.1 Å². The minimum atomic E-state index is -0.473. The first-order valence-electron chi connectivity index (χ1n) is 8.44. The zero-order valence-electron chi connectivity index (χ0n) is 14.9. The van der Waals surface area contributed by atoms with Gasteiger partial charge in [-0.2, -0.15) is 0 Å². The van der Waals surface area contributed by atoms with Gasteiger partial charge in [-0.15, -0.1) is 0 Å². The summed E-state index contributed by atoms with van der Waals surface area (Å²) in [5.41, 5.74) is 1.98.